The number of carbonyl (C=O) groups excluding carboxylic acids is 1. The SMILES string of the molecule is [C-]#[N+]c1ccc(Oc2ccc3c(c2)COB3C)cc1OCC(=O)OC(C)(C)C. The zero-order valence-electron chi connectivity index (χ0n) is 16.4. The van der Waals surface area contributed by atoms with Crippen molar-refractivity contribution in [2.75, 3.05) is 6.61 Å². The van der Waals surface area contributed by atoms with Crippen LogP contribution in [0, 0.1) is 6.57 Å². The van der Waals surface area contributed by atoms with Crippen LogP contribution in [0.5, 0.6) is 17.2 Å². The molecule has 144 valence electrons. The maximum Gasteiger partial charge on any atom is 0.344 e. The van der Waals surface area contributed by atoms with Crippen molar-refractivity contribution in [2.24, 2.45) is 0 Å². The Kier molecular flexibility index (Phi) is 5.62. The largest absolute Gasteiger partial charge is 0.493 e. The number of ether oxygens (including phenoxy) is 3. The topological polar surface area (TPSA) is 58.3 Å². The Balaban J connectivity index is 1.72. The Hall–Kier alpha value is -2.98. The van der Waals surface area contributed by atoms with Crippen LogP contribution in [-0.4, -0.2) is 25.1 Å². The Bertz CT molecular complexity index is 929. The van der Waals surface area contributed by atoms with E-state index in [9.17, 15) is 4.79 Å². The third-order valence-corrected chi connectivity index (χ3v) is 4.09. The standard InChI is InChI=1S/C21H22BNO5/c1-21(2,3)28-20(24)13-25-19-11-16(7-9-18(19)23-5)27-15-6-8-17-14(10-15)12-26-22(17)4/h6-11H,12-13H2,1-4H3. The Morgan fingerprint density at radius 2 is 1.93 bits per heavy atom. The molecule has 2 aromatic rings. The quantitative estimate of drug-likeness (QED) is 0.445. The molecule has 0 radical (unpaired) electrons. The van der Waals surface area contributed by atoms with Gasteiger partial charge in [-0.2, -0.15) is 0 Å². The minimum Gasteiger partial charge on any atom is -0.493 e. The van der Waals surface area contributed by atoms with E-state index < -0.39 is 11.6 Å². The number of esters is 1. The average molecular weight is 379 g/mol. The molecule has 0 saturated carbocycles. The molecule has 3 rings (SSSR count). The molecule has 0 aromatic heterocycles. The summed E-state index contributed by atoms with van der Waals surface area (Å²) >= 11 is 0. The predicted octanol–water partition coefficient (Wildman–Crippen LogP) is 4.11. The smallest absolute Gasteiger partial charge is 0.344 e. The van der Waals surface area contributed by atoms with Gasteiger partial charge in [0.25, 0.3) is 0 Å². The van der Waals surface area contributed by atoms with Crippen LogP contribution in [0.2, 0.25) is 6.82 Å². The van der Waals surface area contributed by atoms with Gasteiger partial charge in [0.1, 0.15) is 22.8 Å². The molecule has 0 amide bonds. The second kappa shape index (κ2) is 7.95. The summed E-state index contributed by atoms with van der Waals surface area (Å²) in [5.74, 6) is 0.961. The first-order chi connectivity index (χ1) is 13.2. The summed E-state index contributed by atoms with van der Waals surface area (Å²) in [6, 6.07) is 10.7. The first-order valence-electron chi connectivity index (χ1n) is 9.03. The highest BCUT2D eigenvalue weighted by Gasteiger charge is 2.23. The van der Waals surface area contributed by atoms with Crippen molar-refractivity contribution < 1.29 is 23.7 Å². The van der Waals surface area contributed by atoms with Crippen molar-refractivity contribution in [3.05, 3.63) is 53.4 Å². The minimum atomic E-state index is -0.594. The lowest BCUT2D eigenvalue weighted by Crippen LogP contribution is -2.27. The van der Waals surface area contributed by atoms with Gasteiger partial charge in [0.15, 0.2) is 6.61 Å². The van der Waals surface area contributed by atoms with E-state index in [1.807, 2.05) is 25.0 Å². The number of rotatable bonds is 5. The van der Waals surface area contributed by atoms with Gasteiger partial charge in [0.2, 0.25) is 5.69 Å². The molecule has 0 spiro atoms. The van der Waals surface area contributed by atoms with E-state index in [2.05, 4.69) is 4.85 Å². The van der Waals surface area contributed by atoms with E-state index in [1.54, 1.807) is 39.0 Å². The number of hydrogen-bond acceptors (Lipinski definition) is 5. The Morgan fingerprint density at radius 1 is 1.21 bits per heavy atom. The normalized spacial score (nSPS) is 12.9. The van der Waals surface area contributed by atoms with Gasteiger partial charge < -0.3 is 18.9 Å². The summed E-state index contributed by atoms with van der Waals surface area (Å²) in [5, 5.41) is 0. The maximum atomic E-state index is 11.9. The Morgan fingerprint density at radius 3 is 2.64 bits per heavy atom. The second-order valence-corrected chi connectivity index (χ2v) is 7.53. The van der Waals surface area contributed by atoms with Crippen LogP contribution < -0.4 is 14.9 Å². The summed E-state index contributed by atoms with van der Waals surface area (Å²) in [6.45, 7) is 15.0. The lowest BCUT2D eigenvalue weighted by Gasteiger charge is -2.19. The van der Waals surface area contributed by atoms with Gasteiger partial charge in [0.05, 0.1) is 13.2 Å². The number of benzene rings is 2. The molecule has 1 aliphatic rings. The molecule has 28 heavy (non-hydrogen) atoms. The van der Waals surface area contributed by atoms with E-state index in [-0.39, 0.29) is 19.3 Å². The van der Waals surface area contributed by atoms with Crippen LogP contribution in [0.1, 0.15) is 26.3 Å². The van der Waals surface area contributed by atoms with Crippen LogP contribution in [-0.2, 0) is 20.8 Å². The second-order valence-electron chi connectivity index (χ2n) is 7.53. The average Bonchev–Trinajstić information content (AvgIpc) is 2.99. The van der Waals surface area contributed by atoms with Crippen LogP contribution in [0.15, 0.2) is 36.4 Å². The number of nitrogens with zero attached hydrogens (tertiary/aromatic N) is 1. The lowest BCUT2D eigenvalue weighted by atomic mass is 9.64. The van der Waals surface area contributed by atoms with Crippen molar-refractivity contribution >= 4 is 24.0 Å². The molecule has 0 bridgehead atoms. The third-order valence-electron chi connectivity index (χ3n) is 4.09. The number of carbonyl (C=O) groups is 1. The monoisotopic (exact) mass is 379 g/mol. The molecule has 7 heteroatoms. The molecule has 0 aliphatic carbocycles. The fourth-order valence-electron chi connectivity index (χ4n) is 2.88. The van der Waals surface area contributed by atoms with Gasteiger partial charge >= 0.3 is 12.9 Å². The molecule has 1 heterocycles. The number of hydrogen-bond donors (Lipinski definition) is 0. The zero-order chi connectivity index (χ0) is 20.3. The molecule has 0 saturated heterocycles. The Labute approximate surface area is 165 Å². The summed E-state index contributed by atoms with van der Waals surface area (Å²) in [5.41, 5.74) is 1.97. The van der Waals surface area contributed by atoms with Gasteiger partial charge in [0, 0.05) is 6.07 Å². The third kappa shape index (κ3) is 4.84. The van der Waals surface area contributed by atoms with Gasteiger partial charge in [-0.05, 0) is 56.1 Å². The maximum absolute atomic E-state index is 11.9. The first kappa shape index (κ1) is 19.8. The van der Waals surface area contributed by atoms with Crippen LogP contribution in [0.25, 0.3) is 4.85 Å². The van der Waals surface area contributed by atoms with E-state index in [4.69, 9.17) is 25.4 Å². The molecule has 1 aliphatic heterocycles. The van der Waals surface area contributed by atoms with Gasteiger partial charge in [-0.3, -0.25) is 0 Å². The molecule has 0 atom stereocenters. The van der Waals surface area contributed by atoms with Crippen molar-refractivity contribution in [1.82, 2.24) is 0 Å². The van der Waals surface area contributed by atoms with E-state index >= 15 is 0 Å². The fourth-order valence-corrected chi connectivity index (χ4v) is 2.88. The van der Waals surface area contributed by atoms with Crippen molar-refractivity contribution in [3.63, 3.8) is 0 Å². The van der Waals surface area contributed by atoms with Gasteiger partial charge in [-0.15, -0.1) is 0 Å². The molecule has 6 nitrogen and oxygen atoms in total. The summed E-state index contributed by atoms with van der Waals surface area (Å²) in [4.78, 5) is 15.3. The highest BCUT2D eigenvalue weighted by atomic mass is 16.6. The van der Waals surface area contributed by atoms with Crippen LogP contribution >= 0.6 is 0 Å². The molecular weight excluding hydrogens is 357 g/mol. The van der Waals surface area contributed by atoms with Crippen LogP contribution in [0.3, 0.4) is 0 Å². The minimum absolute atomic E-state index is 0.0925. The van der Waals surface area contributed by atoms with E-state index in [1.165, 1.54) is 0 Å². The van der Waals surface area contributed by atoms with Gasteiger partial charge in [-0.25, -0.2) is 9.64 Å². The highest BCUT2D eigenvalue weighted by Crippen LogP contribution is 2.34. The highest BCUT2D eigenvalue weighted by molar-refractivity contribution is 6.67. The predicted molar refractivity (Wildman–Crippen MR) is 107 cm³/mol. The molecule has 0 unspecified atom stereocenters. The van der Waals surface area contributed by atoms with Crippen molar-refractivity contribution in [2.45, 2.75) is 39.8 Å². The van der Waals surface area contributed by atoms with Crippen molar-refractivity contribution in [1.29, 1.82) is 0 Å². The van der Waals surface area contributed by atoms with Crippen LogP contribution in [0.4, 0.5) is 5.69 Å². The van der Waals surface area contributed by atoms with E-state index in [0.29, 0.717) is 23.8 Å². The molecule has 2 aromatic carbocycles. The van der Waals surface area contributed by atoms with Gasteiger partial charge in [-0.1, -0.05) is 12.9 Å². The summed E-state index contributed by atoms with van der Waals surface area (Å²) < 4.78 is 22.3. The number of fused-ring (bicyclic) bond motifs is 1. The lowest BCUT2D eigenvalue weighted by molar-refractivity contribution is -0.157. The molecule has 0 N–H and O–H groups in total. The molecular formula is C21H22BNO5. The zero-order valence-corrected chi connectivity index (χ0v) is 16.4. The fraction of sp³-hybridized carbons (Fsp3) is 0.333. The first-order valence-corrected chi connectivity index (χ1v) is 9.03. The molecule has 0 fully saturated rings. The summed E-state index contributed by atoms with van der Waals surface area (Å²) in [7, 11) is 0. The van der Waals surface area contributed by atoms with E-state index in [0.717, 1.165) is 11.0 Å². The van der Waals surface area contributed by atoms with Crippen molar-refractivity contribution in [3.8, 4) is 17.2 Å². The summed E-state index contributed by atoms with van der Waals surface area (Å²) in [6.07, 6.45) is 0.